The molecule has 0 radical (unpaired) electrons. The predicted molar refractivity (Wildman–Crippen MR) is 87.7 cm³/mol. The monoisotopic (exact) mass is 359 g/mol. The quantitative estimate of drug-likeness (QED) is 0.797. The van der Waals surface area contributed by atoms with Crippen molar-refractivity contribution in [1.29, 1.82) is 0 Å². The van der Waals surface area contributed by atoms with Crippen molar-refractivity contribution in [2.24, 2.45) is 11.8 Å². The number of carbonyl (C=O) groups excluding carboxylic acids is 2. The van der Waals surface area contributed by atoms with Crippen LogP contribution in [-0.2, 0) is 16.1 Å². The third-order valence-electron chi connectivity index (χ3n) is 4.65. The Bertz CT molecular complexity index is 862. The van der Waals surface area contributed by atoms with Crippen molar-refractivity contribution in [3.8, 4) is 0 Å². The number of ether oxygens (including phenoxy) is 1. The highest BCUT2D eigenvalue weighted by Crippen LogP contribution is 2.39. The molecule has 8 heteroatoms. The molecule has 1 N–H and O–H groups in total. The van der Waals surface area contributed by atoms with E-state index < -0.39 is 11.8 Å². The Morgan fingerprint density at radius 2 is 2.15 bits per heavy atom. The lowest BCUT2D eigenvalue weighted by molar-refractivity contribution is -0.117. The lowest BCUT2D eigenvalue weighted by atomic mass is 10.1. The molecule has 0 unspecified atom stereocenters. The third-order valence-corrected chi connectivity index (χ3v) is 4.65. The Morgan fingerprint density at radius 3 is 2.85 bits per heavy atom. The van der Waals surface area contributed by atoms with Gasteiger partial charge in [-0.3, -0.25) is 4.79 Å². The molecule has 0 bridgehead atoms. The fourth-order valence-electron chi connectivity index (χ4n) is 2.74. The van der Waals surface area contributed by atoms with Crippen molar-refractivity contribution in [3.05, 3.63) is 41.3 Å². The van der Waals surface area contributed by atoms with Crippen LogP contribution in [0.25, 0.3) is 0 Å². The molecule has 0 aliphatic heterocycles. The smallest absolute Gasteiger partial charge is 0.340 e. The molecule has 2 aromatic rings. The summed E-state index contributed by atoms with van der Waals surface area (Å²) in [6.45, 7) is 1.80. The van der Waals surface area contributed by atoms with E-state index in [9.17, 15) is 14.0 Å². The van der Waals surface area contributed by atoms with Crippen molar-refractivity contribution in [1.82, 2.24) is 10.1 Å². The molecule has 7 nitrogen and oxygen atoms in total. The Morgan fingerprint density at radius 1 is 1.38 bits per heavy atom. The van der Waals surface area contributed by atoms with Gasteiger partial charge >= 0.3 is 5.97 Å². The van der Waals surface area contributed by atoms with Gasteiger partial charge in [-0.1, -0.05) is 12.1 Å². The molecule has 2 saturated carbocycles. The molecule has 2 fully saturated rings. The zero-order chi connectivity index (χ0) is 18.3. The number of nitrogens with zero attached hydrogens (tertiary/aromatic N) is 2. The molecule has 1 amide bonds. The van der Waals surface area contributed by atoms with E-state index in [0.29, 0.717) is 17.7 Å². The number of rotatable bonds is 6. The number of benzene rings is 1. The summed E-state index contributed by atoms with van der Waals surface area (Å²) in [6.07, 6.45) is 2.86. The number of hydrogen-bond acceptors (Lipinski definition) is 6. The van der Waals surface area contributed by atoms with Gasteiger partial charge < -0.3 is 14.6 Å². The van der Waals surface area contributed by atoms with Crippen LogP contribution in [0.3, 0.4) is 0 Å². The van der Waals surface area contributed by atoms with Gasteiger partial charge in [0.05, 0.1) is 11.3 Å². The first kappa shape index (κ1) is 16.7. The number of hydrogen-bond donors (Lipinski definition) is 1. The Hall–Kier alpha value is -2.77. The van der Waals surface area contributed by atoms with Crippen molar-refractivity contribution in [3.63, 3.8) is 0 Å². The highest BCUT2D eigenvalue weighted by Gasteiger charge is 2.39. The van der Waals surface area contributed by atoms with E-state index in [4.69, 9.17) is 9.26 Å². The number of halogens is 1. The summed E-state index contributed by atoms with van der Waals surface area (Å²) in [5.74, 6) is -0.157. The van der Waals surface area contributed by atoms with Crippen LogP contribution < -0.4 is 5.32 Å². The highest BCUT2D eigenvalue weighted by molar-refractivity contribution is 6.02. The summed E-state index contributed by atoms with van der Waals surface area (Å²) in [5, 5.41) is 6.44. The second-order valence-corrected chi connectivity index (χ2v) is 6.90. The number of amides is 1. The summed E-state index contributed by atoms with van der Waals surface area (Å²) in [4.78, 5) is 28.6. The molecule has 26 heavy (non-hydrogen) atoms. The highest BCUT2D eigenvalue weighted by atomic mass is 19.1. The molecule has 1 heterocycles. The minimum atomic E-state index is -0.763. The van der Waals surface area contributed by atoms with Gasteiger partial charge in [-0.25, -0.2) is 9.18 Å². The van der Waals surface area contributed by atoms with Crippen molar-refractivity contribution in [2.45, 2.75) is 38.7 Å². The largest absolute Gasteiger partial charge is 0.454 e. The molecular formula is C18H18FN3O4. The van der Waals surface area contributed by atoms with Gasteiger partial charge in [-0.2, -0.15) is 4.98 Å². The van der Waals surface area contributed by atoms with Crippen LogP contribution >= 0.6 is 0 Å². The van der Waals surface area contributed by atoms with E-state index in [0.717, 1.165) is 25.3 Å². The minimum Gasteiger partial charge on any atom is -0.454 e. The maximum atomic E-state index is 13.6. The van der Waals surface area contributed by atoms with Crippen LogP contribution in [0.4, 0.5) is 10.1 Å². The minimum absolute atomic E-state index is 0.0439. The molecule has 4 rings (SSSR count). The fourth-order valence-corrected chi connectivity index (χ4v) is 2.74. The summed E-state index contributed by atoms with van der Waals surface area (Å²) >= 11 is 0. The van der Waals surface area contributed by atoms with Crippen LogP contribution in [-0.4, -0.2) is 22.0 Å². The normalized spacial score (nSPS) is 21.3. The number of carbonyl (C=O) groups is 2. The molecule has 2 aliphatic rings. The third kappa shape index (κ3) is 3.58. The Labute approximate surface area is 148 Å². The topological polar surface area (TPSA) is 94.3 Å². The van der Waals surface area contributed by atoms with Crippen LogP contribution in [0.2, 0.25) is 0 Å². The van der Waals surface area contributed by atoms with E-state index in [1.807, 2.05) is 6.92 Å². The maximum absolute atomic E-state index is 13.6. The molecule has 0 saturated heterocycles. The first-order valence-corrected chi connectivity index (χ1v) is 8.61. The molecule has 1 aromatic heterocycles. The van der Waals surface area contributed by atoms with Crippen molar-refractivity contribution in [2.75, 3.05) is 5.32 Å². The molecule has 0 spiro atoms. The molecule has 1 aromatic carbocycles. The van der Waals surface area contributed by atoms with E-state index in [2.05, 4.69) is 15.5 Å². The summed E-state index contributed by atoms with van der Waals surface area (Å²) in [5.41, 5.74) is 0.185. The van der Waals surface area contributed by atoms with Gasteiger partial charge in [0, 0.05) is 11.8 Å². The second kappa shape index (κ2) is 6.51. The Balaban J connectivity index is 1.43. The van der Waals surface area contributed by atoms with E-state index in [1.165, 1.54) is 12.1 Å². The lowest BCUT2D eigenvalue weighted by Crippen LogP contribution is -2.18. The predicted octanol–water partition coefficient (Wildman–Crippen LogP) is 3.04. The van der Waals surface area contributed by atoms with Gasteiger partial charge in [0.2, 0.25) is 17.6 Å². The van der Waals surface area contributed by atoms with Gasteiger partial charge in [-0.15, -0.1) is 0 Å². The summed E-state index contributed by atoms with van der Waals surface area (Å²) in [6, 6.07) is 3.58. The first-order valence-electron chi connectivity index (χ1n) is 8.61. The molecule has 2 atom stereocenters. The SMILES string of the molecule is C[C@H]1C[C@@H]1C(=O)Nc1ccc(F)cc1C(=O)OCc1noc(C2CC2)n1. The first-order chi connectivity index (χ1) is 12.5. The van der Waals surface area contributed by atoms with E-state index in [1.54, 1.807) is 0 Å². The van der Waals surface area contributed by atoms with E-state index >= 15 is 0 Å². The summed E-state index contributed by atoms with van der Waals surface area (Å²) in [7, 11) is 0. The molecule has 136 valence electrons. The standard InChI is InChI=1S/C18H18FN3O4/c1-9-6-12(9)16(23)20-14-5-4-11(19)7-13(14)18(24)25-8-15-21-17(26-22-15)10-2-3-10/h4-5,7,9-10,12H,2-3,6,8H2,1H3,(H,20,23)/t9-,12-/m0/s1. The Kier molecular flexibility index (Phi) is 4.18. The van der Waals surface area contributed by atoms with Crippen LogP contribution in [0.5, 0.6) is 0 Å². The number of nitrogens with one attached hydrogen (secondary N) is 1. The number of aromatic nitrogens is 2. The van der Waals surface area contributed by atoms with Crippen molar-refractivity contribution >= 4 is 17.6 Å². The second-order valence-electron chi connectivity index (χ2n) is 6.90. The molecule has 2 aliphatic carbocycles. The van der Waals surface area contributed by atoms with Gasteiger partial charge in [-0.05, 0) is 43.4 Å². The number of anilines is 1. The molecular weight excluding hydrogens is 341 g/mol. The van der Waals surface area contributed by atoms with Crippen LogP contribution in [0, 0.1) is 17.7 Å². The number of esters is 1. The zero-order valence-corrected chi connectivity index (χ0v) is 14.2. The van der Waals surface area contributed by atoms with Crippen molar-refractivity contribution < 1.29 is 23.2 Å². The van der Waals surface area contributed by atoms with E-state index in [-0.39, 0.29) is 35.5 Å². The average molecular weight is 359 g/mol. The van der Waals surface area contributed by atoms with Gasteiger partial charge in [0.25, 0.3) is 0 Å². The fraction of sp³-hybridized carbons (Fsp3) is 0.444. The van der Waals surface area contributed by atoms with Gasteiger partial charge in [0.15, 0.2) is 6.61 Å². The maximum Gasteiger partial charge on any atom is 0.340 e. The zero-order valence-electron chi connectivity index (χ0n) is 14.2. The lowest BCUT2D eigenvalue weighted by Gasteiger charge is -2.10. The summed E-state index contributed by atoms with van der Waals surface area (Å²) < 4.78 is 23.8. The van der Waals surface area contributed by atoms with Gasteiger partial charge in [0.1, 0.15) is 5.82 Å². The average Bonchev–Trinajstić information content (AvgIpc) is 3.54. The van der Waals surface area contributed by atoms with Crippen LogP contribution in [0.1, 0.15) is 54.2 Å². The van der Waals surface area contributed by atoms with Crippen LogP contribution in [0.15, 0.2) is 22.7 Å².